The Morgan fingerprint density at radius 1 is 0.958 bits per heavy atom. The summed E-state index contributed by atoms with van der Waals surface area (Å²) in [5.74, 6) is 0.205. The van der Waals surface area contributed by atoms with Gasteiger partial charge in [-0.1, -0.05) is 41.9 Å². The summed E-state index contributed by atoms with van der Waals surface area (Å²) >= 11 is 6.09. The average molecular weight is 339 g/mol. The van der Waals surface area contributed by atoms with E-state index in [1.807, 2.05) is 49.4 Å². The van der Waals surface area contributed by atoms with Crippen LogP contribution in [0.3, 0.4) is 0 Å². The maximum Gasteiger partial charge on any atom is 0.275 e. The maximum absolute atomic E-state index is 12.2. The molecular formula is C18H15ClN4O. The molecule has 5 nitrogen and oxygen atoms in total. The van der Waals surface area contributed by atoms with Gasteiger partial charge in [0, 0.05) is 5.69 Å². The molecule has 3 rings (SSSR count). The summed E-state index contributed by atoms with van der Waals surface area (Å²) in [6, 6.07) is 14.9. The molecule has 0 bridgehead atoms. The molecule has 0 atom stereocenters. The molecule has 2 aromatic carbocycles. The number of aromatic nitrogens is 2. The SMILES string of the molecule is Cc1ccccc1NC(=O)c1cnc(Nc2ccccc2Cl)cn1. The zero-order valence-corrected chi connectivity index (χ0v) is 13.7. The molecule has 1 aromatic heterocycles. The van der Waals surface area contributed by atoms with Crippen molar-refractivity contribution >= 4 is 34.7 Å². The molecule has 0 fully saturated rings. The van der Waals surface area contributed by atoms with Crippen molar-refractivity contribution < 1.29 is 4.79 Å². The van der Waals surface area contributed by atoms with Gasteiger partial charge in [-0.05, 0) is 30.7 Å². The van der Waals surface area contributed by atoms with Gasteiger partial charge in [0.05, 0.1) is 23.1 Å². The van der Waals surface area contributed by atoms with E-state index in [2.05, 4.69) is 20.6 Å². The van der Waals surface area contributed by atoms with Crippen molar-refractivity contribution in [1.29, 1.82) is 0 Å². The Labute approximate surface area is 144 Å². The summed E-state index contributed by atoms with van der Waals surface area (Å²) < 4.78 is 0. The molecule has 3 aromatic rings. The first-order valence-corrected chi connectivity index (χ1v) is 7.72. The van der Waals surface area contributed by atoms with Crippen molar-refractivity contribution in [2.75, 3.05) is 10.6 Å². The van der Waals surface area contributed by atoms with Crippen LogP contribution in [0.2, 0.25) is 5.02 Å². The summed E-state index contributed by atoms with van der Waals surface area (Å²) in [5.41, 5.74) is 2.70. The Balaban J connectivity index is 1.71. The number of nitrogens with one attached hydrogen (secondary N) is 2. The molecule has 0 aliphatic carbocycles. The Kier molecular flexibility index (Phi) is 4.72. The molecule has 1 heterocycles. The highest BCUT2D eigenvalue weighted by molar-refractivity contribution is 6.33. The highest BCUT2D eigenvalue weighted by atomic mass is 35.5. The second kappa shape index (κ2) is 7.10. The fourth-order valence-electron chi connectivity index (χ4n) is 2.11. The molecule has 0 aliphatic rings. The third-order valence-corrected chi connectivity index (χ3v) is 3.74. The van der Waals surface area contributed by atoms with E-state index in [4.69, 9.17) is 11.6 Å². The number of halogens is 1. The molecule has 24 heavy (non-hydrogen) atoms. The predicted molar refractivity (Wildman–Crippen MR) is 95.9 cm³/mol. The van der Waals surface area contributed by atoms with Gasteiger partial charge in [0.15, 0.2) is 0 Å². The highest BCUT2D eigenvalue weighted by Gasteiger charge is 2.10. The van der Waals surface area contributed by atoms with Gasteiger partial charge >= 0.3 is 0 Å². The molecule has 1 amide bonds. The number of aryl methyl sites for hydroxylation is 1. The van der Waals surface area contributed by atoms with Gasteiger partial charge in [0.2, 0.25) is 0 Å². The third-order valence-electron chi connectivity index (χ3n) is 3.41. The van der Waals surface area contributed by atoms with Crippen LogP contribution in [0.25, 0.3) is 0 Å². The second-order valence-corrected chi connectivity index (χ2v) is 5.57. The minimum absolute atomic E-state index is 0.239. The first-order valence-electron chi connectivity index (χ1n) is 7.34. The molecule has 0 saturated carbocycles. The minimum atomic E-state index is -0.305. The lowest BCUT2D eigenvalue weighted by Gasteiger charge is -2.09. The van der Waals surface area contributed by atoms with Crippen molar-refractivity contribution in [3.05, 3.63) is 77.2 Å². The van der Waals surface area contributed by atoms with Gasteiger partial charge in [0.1, 0.15) is 11.5 Å². The van der Waals surface area contributed by atoms with Gasteiger partial charge in [-0.25, -0.2) is 9.97 Å². The first kappa shape index (κ1) is 16.0. The Hall–Kier alpha value is -2.92. The average Bonchev–Trinajstić information content (AvgIpc) is 2.59. The van der Waals surface area contributed by atoms with Crippen LogP contribution in [-0.2, 0) is 0 Å². The van der Waals surface area contributed by atoms with E-state index in [0.717, 1.165) is 16.9 Å². The summed E-state index contributed by atoms with van der Waals surface area (Å²) in [4.78, 5) is 20.6. The van der Waals surface area contributed by atoms with E-state index in [-0.39, 0.29) is 11.6 Å². The molecule has 0 unspecified atom stereocenters. The van der Waals surface area contributed by atoms with Crippen molar-refractivity contribution in [1.82, 2.24) is 9.97 Å². The summed E-state index contributed by atoms with van der Waals surface area (Å²) in [6.45, 7) is 1.93. The fraction of sp³-hybridized carbons (Fsp3) is 0.0556. The Morgan fingerprint density at radius 2 is 1.67 bits per heavy atom. The number of hydrogen-bond donors (Lipinski definition) is 2. The maximum atomic E-state index is 12.2. The number of nitrogens with zero attached hydrogens (tertiary/aromatic N) is 2. The number of carbonyl (C=O) groups excluding carboxylic acids is 1. The number of carbonyl (C=O) groups is 1. The van der Waals surface area contributed by atoms with Crippen LogP contribution < -0.4 is 10.6 Å². The normalized spacial score (nSPS) is 10.2. The third kappa shape index (κ3) is 3.70. The van der Waals surface area contributed by atoms with Crippen molar-refractivity contribution in [3.8, 4) is 0 Å². The van der Waals surface area contributed by atoms with Crippen LogP contribution in [0, 0.1) is 6.92 Å². The number of hydrogen-bond acceptors (Lipinski definition) is 4. The van der Waals surface area contributed by atoms with Crippen molar-refractivity contribution in [2.45, 2.75) is 6.92 Å². The number of anilines is 3. The van der Waals surface area contributed by atoms with E-state index < -0.39 is 0 Å². The molecule has 120 valence electrons. The fourth-order valence-corrected chi connectivity index (χ4v) is 2.29. The molecular weight excluding hydrogens is 324 g/mol. The summed E-state index contributed by atoms with van der Waals surface area (Å²) in [6.07, 6.45) is 2.92. The van der Waals surface area contributed by atoms with E-state index >= 15 is 0 Å². The van der Waals surface area contributed by atoms with Crippen molar-refractivity contribution in [2.24, 2.45) is 0 Å². The molecule has 6 heteroatoms. The Morgan fingerprint density at radius 3 is 2.33 bits per heavy atom. The van der Waals surface area contributed by atoms with Crippen LogP contribution in [0.15, 0.2) is 60.9 Å². The lowest BCUT2D eigenvalue weighted by molar-refractivity contribution is 0.102. The highest BCUT2D eigenvalue weighted by Crippen LogP contribution is 2.23. The second-order valence-electron chi connectivity index (χ2n) is 5.16. The quantitative estimate of drug-likeness (QED) is 0.738. The predicted octanol–water partition coefficient (Wildman–Crippen LogP) is 4.43. The molecule has 0 aliphatic heterocycles. The van der Waals surface area contributed by atoms with Crippen LogP contribution in [0.1, 0.15) is 16.1 Å². The van der Waals surface area contributed by atoms with Crippen LogP contribution >= 0.6 is 11.6 Å². The Bertz CT molecular complexity index is 865. The van der Waals surface area contributed by atoms with Gasteiger partial charge < -0.3 is 10.6 Å². The monoisotopic (exact) mass is 338 g/mol. The minimum Gasteiger partial charge on any atom is -0.338 e. The van der Waals surface area contributed by atoms with Gasteiger partial charge in [-0.15, -0.1) is 0 Å². The van der Waals surface area contributed by atoms with Crippen LogP contribution in [0.5, 0.6) is 0 Å². The van der Waals surface area contributed by atoms with E-state index in [1.54, 1.807) is 6.07 Å². The smallest absolute Gasteiger partial charge is 0.275 e. The lowest BCUT2D eigenvalue weighted by atomic mass is 10.2. The van der Waals surface area contributed by atoms with E-state index in [9.17, 15) is 4.79 Å². The van der Waals surface area contributed by atoms with Gasteiger partial charge in [-0.2, -0.15) is 0 Å². The zero-order chi connectivity index (χ0) is 16.9. The molecule has 2 N–H and O–H groups in total. The summed E-state index contributed by atoms with van der Waals surface area (Å²) in [7, 11) is 0. The van der Waals surface area contributed by atoms with Gasteiger partial charge in [-0.3, -0.25) is 4.79 Å². The summed E-state index contributed by atoms with van der Waals surface area (Å²) in [5, 5.41) is 6.47. The number of para-hydroxylation sites is 2. The van der Waals surface area contributed by atoms with E-state index in [0.29, 0.717) is 10.8 Å². The topological polar surface area (TPSA) is 66.9 Å². The molecule has 0 saturated heterocycles. The standard InChI is InChI=1S/C18H15ClN4O/c1-12-6-2-4-8-14(12)23-18(24)16-10-21-17(11-20-16)22-15-9-5-3-7-13(15)19/h2-11H,1H3,(H,21,22)(H,23,24). The van der Waals surface area contributed by atoms with Crippen LogP contribution in [0.4, 0.5) is 17.2 Å². The molecule has 0 spiro atoms. The number of benzene rings is 2. The zero-order valence-electron chi connectivity index (χ0n) is 13.0. The van der Waals surface area contributed by atoms with Gasteiger partial charge in [0.25, 0.3) is 5.91 Å². The first-order chi connectivity index (χ1) is 11.6. The van der Waals surface area contributed by atoms with Crippen LogP contribution in [-0.4, -0.2) is 15.9 Å². The van der Waals surface area contributed by atoms with E-state index in [1.165, 1.54) is 12.4 Å². The van der Waals surface area contributed by atoms with Crippen molar-refractivity contribution in [3.63, 3.8) is 0 Å². The lowest BCUT2D eigenvalue weighted by Crippen LogP contribution is -2.15. The number of rotatable bonds is 4. The largest absolute Gasteiger partial charge is 0.338 e. The molecule has 0 radical (unpaired) electrons. The number of amides is 1.